The highest BCUT2D eigenvalue weighted by Crippen LogP contribution is 2.51. The van der Waals surface area contributed by atoms with Gasteiger partial charge >= 0.3 is 0 Å². The summed E-state index contributed by atoms with van der Waals surface area (Å²) in [6, 6.07) is 10.8. The zero-order chi connectivity index (χ0) is 15.7. The van der Waals surface area contributed by atoms with Gasteiger partial charge in [0.2, 0.25) is 11.8 Å². The summed E-state index contributed by atoms with van der Waals surface area (Å²) in [5.74, 6) is -1.30. The monoisotopic (exact) mass is 309 g/mol. The molecule has 0 radical (unpaired) electrons. The van der Waals surface area contributed by atoms with Gasteiger partial charge in [-0.05, 0) is 24.3 Å². The summed E-state index contributed by atoms with van der Waals surface area (Å²) < 4.78 is 5.75. The summed E-state index contributed by atoms with van der Waals surface area (Å²) in [7, 11) is 0. The first-order valence-corrected chi connectivity index (χ1v) is 7.91. The van der Waals surface area contributed by atoms with Crippen molar-refractivity contribution < 1.29 is 19.4 Å². The van der Waals surface area contributed by atoms with Gasteiger partial charge in [0.1, 0.15) is 11.4 Å². The summed E-state index contributed by atoms with van der Waals surface area (Å²) in [6.07, 6.45) is 1.37. The van der Waals surface area contributed by atoms with Crippen molar-refractivity contribution in [2.45, 2.75) is 25.0 Å². The van der Waals surface area contributed by atoms with Crippen LogP contribution in [0.1, 0.15) is 12.8 Å². The number of phenolic OH excluding ortho intramolecular Hbond substituents is 1. The van der Waals surface area contributed by atoms with Gasteiger partial charge in [0.25, 0.3) is 0 Å². The van der Waals surface area contributed by atoms with Crippen LogP contribution in [0, 0.1) is 11.8 Å². The normalized spacial score (nSPS) is 32.1. The van der Waals surface area contributed by atoms with E-state index in [2.05, 4.69) is 0 Å². The largest absolute Gasteiger partial charge is 0.506 e. The Morgan fingerprint density at radius 3 is 2.30 bits per heavy atom. The second-order valence-corrected chi connectivity index (χ2v) is 6.51. The van der Waals surface area contributed by atoms with Crippen molar-refractivity contribution in [2.75, 3.05) is 4.90 Å². The van der Waals surface area contributed by atoms with Crippen molar-refractivity contribution in [1.29, 1.82) is 0 Å². The van der Waals surface area contributed by atoms with Crippen molar-refractivity contribution in [3.63, 3.8) is 0 Å². The third kappa shape index (κ3) is 1.55. The molecule has 116 valence electrons. The zero-order valence-electron chi connectivity index (χ0n) is 12.3. The molecule has 0 spiro atoms. The van der Waals surface area contributed by atoms with E-state index in [1.165, 1.54) is 11.0 Å². The van der Waals surface area contributed by atoms with Crippen LogP contribution in [0.4, 0.5) is 5.69 Å². The second kappa shape index (κ2) is 4.32. The Hall–Kier alpha value is -2.40. The van der Waals surface area contributed by atoms with Crippen molar-refractivity contribution in [1.82, 2.24) is 0 Å². The van der Waals surface area contributed by atoms with Crippen LogP contribution in [0.5, 0.6) is 5.75 Å². The molecule has 0 aromatic heterocycles. The van der Waals surface area contributed by atoms with Crippen LogP contribution in [0.25, 0.3) is 10.8 Å². The number of benzene rings is 2. The number of anilines is 1. The van der Waals surface area contributed by atoms with Gasteiger partial charge in [-0.25, -0.2) is 4.90 Å². The Bertz CT molecular complexity index is 833. The molecule has 2 bridgehead atoms. The fourth-order valence-corrected chi connectivity index (χ4v) is 4.41. The number of carbonyl (C=O) groups is 2. The number of hydrogen-bond donors (Lipinski definition) is 1. The number of ether oxygens (including phenoxy) is 1. The molecule has 5 heteroatoms. The standard InChI is InChI=1S/C18H15NO4/c20-11-6-5-9-3-1-2-4-10(9)16(11)19-17(21)14-12-7-8-13(23-12)15(14)18(19)22/h1-6,12-15,20H,7-8H2. The summed E-state index contributed by atoms with van der Waals surface area (Å²) in [6.45, 7) is 0. The summed E-state index contributed by atoms with van der Waals surface area (Å²) in [5, 5.41) is 11.9. The van der Waals surface area contributed by atoms with Gasteiger partial charge in [0.05, 0.1) is 24.0 Å². The van der Waals surface area contributed by atoms with Crippen LogP contribution >= 0.6 is 0 Å². The smallest absolute Gasteiger partial charge is 0.240 e. The number of aromatic hydroxyl groups is 1. The minimum Gasteiger partial charge on any atom is -0.506 e. The van der Waals surface area contributed by atoms with Crippen LogP contribution in [0.15, 0.2) is 36.4 Å². The van der Waals surface area contributed by atoms with Gasteiger partial charge in [-0.1, -0.05) is 30.3 Å². The molecule has 1 N–H and O–H groups in total. The fourth-order valence-electron chi connectivity index (χ4n) is 4.41. The van der Waals surface area contributed by atoms with E-state index in [1.807, 2.05) is 24.3 Å². The minimum absolute atomic E-state index is 0.0429. The van der Waals surface area contributed by atoms with E-state index in [-0.39, 0.29) is 41.6 Å². The van der Waals surface area contributed by atoms with E-state index >= 15 is 0 Å². The topological polar surface area (TPSA) is 66.8 Å². The molecule has 4 atom stereocenters. The van der Waals surface area contributed by atoms with E-state index in [0.29, 0.717) is 11.1 Å². The van der Waals surface area contributed by atoms with Gasteiger partial charge in [0.15, 0.2) is 0 Å². The molecule has 3 fully saturated rings. The van der Waals surface area contributed by atoms with Crippen molar-refractivity contribution in [3.8, 4) is 5.75 Å². The SMILES string of the molecule is O=C1C2C3CCC(O3)C2C(=O)N1c1c(O)ccc2ccccc12. The lowest BCUT2D eigenvalue weighted by Gasteiger charge is -2.20. The van der Waals surface area contributed by atoms with E-state index in [9.17, 15) is 14.7 Å². The highest BCUT2D eigenvalue weighted by Gasteiger charge is 2.63. The molecular weight excluding hydrogens is 294 g/mol. The van der Waals surface area contributed by atoms with Gasteiger partial charge in [-0.15, -0.1) is 0 Å². The van der Waals surface area contributed by atoms with Crippen LogP contribution in [0.2, 0.25) is 0 Å². The molecule has 3 saturated heterocycles. The first kappa shape index (κ1) is 13.1. The van der Waals surface area contributed by atoms with Crippen molar-refractivity contribution in [3.05, 3.63) is 36.4 Å². The maximum absolute atomic E-state index is 12.9. The van der Waals surface area contributed by atoms with E-state index < -0.39 is 0 Å². The van der Waals surface area contributed by atoms with Crippen LogP contribution in [0.3, 0.4) is 0 Å². The molecule has 2 aromatic carbocycles. The summed E-state index contributed by atoms with van der Waals surface area (Å²) in [5.41, 5.74) is 0.312. The zero-order valence-corrected chi connectivity index (χ0v) is 12.3. The van der Waals surface area contributed by atoms with Crippen LogP contribution in [-0.4, -0.2) is 29.1 Å². The van der Waals surface area contributed by atoms with Gasteiger partial charge in [-0.3, -0.25) is 9.59 Å². The predicted molar refractivity (Wildman–Crippen MR) is 83.0 cm³/mol. The maximum Gasteiger partial charge on any atom is 0.240 e. The summed E-state index contributed by atoms with van der Waals surface area (Å²) >= 11 is 0. The van der Waals surface area contributed by atoms with E-state index in [0.717, 1.165) is 18.2 Å². The number of imide groups is 1. The van der Waals surface area contributed by atoms with Crippen molar-refractivity contribution in [2.24, 2.45) is 11.8 Å². The first-order chi connectivity index (χ1) is 11.2. The average molecular weight is 309 g/mol. The Labute approximate surface area is 132 Å². The molecule has 5 rings (SSSR count). The molecule has 2 aromatic rings. The highest BCUT2D eigenvalue weighted by atomic mass is 16.5. The molecule has 3 aliphatic rings. The van der Waals surface area contributed by atoms with Crippen LogP contribution in [-0.2, 0) is 14.3 Å². The Morgan fingerprint density at radius 1 is 0.957 bits per heavy atom. The third-order valence-corrected chi connectivity index (χ3v) is 5.39. The first-order valence-electron chi connectivity index (χ1n) is 7.91. The lowest BCUT2D eigenvalue weighted by Crippen LogP contribution is -2.34. The number of amides is 2. The molecule has 2 amide bonds. The molecule has 4 unspecified atom stereocenters. The second-order valence-electron chi connectivity index (χ2n) is 6.51. The Morgan fingerprint density at radius 2 is 1.61 bits per heavy atom. The molecule has 3 heterocycles. The fraction of sp³-hybridized carbons (Fsp3) is 0.333. The lowest BCUT2D eigenvalue weighted by molar-refractivity contribution is -0.124. The highest BCUT2D eigenvalue weighted by molar-refractivity contribution is 6.26. The van der Waals surface area contributed by atoms with Crippen LogP contribution < -0.4 is 4.90 Å². The number of rotatable bonds is 1. The Kier molecular flexibility index (Phi) is 2.46. The van der Waals surface area contributed by atoms with E-state index in [4.69, 9.17) is 4.74 Å². The van der Waals surface area contributed by atoms with Gasteiger partial charge in [0, 0.05) is 5.39 Å². The molecule has 5 nitrogen and oxygen atoms in total. The summed E-state index contributed by atoms with van der Waals surface area (Å²) in [4.78, 5) is 27.0. The van der Waals surface area contributed by atoms with Gasteiger partial charge < -0.3 is 9.84 Å². The molecule has 0 aliphatic carbocycles. The molecule has 3 aliphatic heterocycles. The number of fused-ring (bicyclic) bond motifs is 6. The van der Waals surface area contributed by atoms with Gasteiger partial charge in [-0.2, -0.15) is 0 Å². The quantitative estimate of drug-likeness (QED) is 0.820. The lowest BCUT2D eigenvalue weighted by atomic mass is 9.81. The molecule has 0 saturated carbocycles. The minimum atomic E-state index is -0.389. The maximum atomic E-state index is 12.9. The number of phenols is 1. The number of hydrogen-bond acceptors (Lipinski definition) is 4. The van der Waals surface area contributed by atoms with E-state index in [1.54, 1.807) is 6.07 Å². The molecule has 23 heavy (non-hydrogen) atoms. The van der Waals surface area contributed by atoms with Crippen molar-refractivity contribution >= 4 is 28.3 Å². The molecular formula is C18H15NO4. The average Bonchev–Trinajstić information content (AvgIpc) is 3.23. The number of carbonyl (C=O) groups excluding carboxylic acids is 2. The third-order valence-electron chi connectivity index (χ3n) is 5.39. The predicted octanol–water partition coefficient (Wildman–Crippen LogP) is 2.21. The Balaban J connectivity index is 1.70. The number of nitrogens with zero attached hydrogens (tertiary/aromatic N) is 1.